The molecule has 0 spiro atoms. The van der Waals surface area contributed by atoms with Gasteiger partial charge >= 0.3 is 0 Å². The second kappa shape index (κ2) is 8.04. The summed E-state index contributed by atoms with van der Waals surface area (Å²) in [5.74, 6) is -0.201. The molecule has 7 nitrogen and oxygen atoms in total. The lowest BCUT2D eigenvalue weighted by molar-refractivity contribution is 0.0713. The van der Waals surface area contributed by atoms with E-state index in [-0.39, 0.29) is 22.4 Å². The van der Waals surface area contributed by atoms with Crippen molar-refractivity contribution in [1.82, 2.24) is 14.2 Å². The minimum Gasteiger partial charge on any atom is -0.339 e. The van der Waals surface area contributed by atoms with Crippen LogP contribution in [-0.4, -0.2) is 42.9 Å². The van der Waals surface area contributed by atoms with Gasteiger partial charge in [-0.3, -0.25) is 9.59 Å². The Hall–Kier alpha value is -2.97. The molecule has 1 aliphatic rings. The summed E-state index contributed by atoms with van der Waals surface area (Å²) in [6.45, 7) is 0.842. The number of amides is 1. The molecule has 1 aliphatic heterocycles. The van der Waals surface area contributed by atoms with E-state index in [0.717, 1.165) is 5.39 Å². The van der Waals surface area contributed by atoms with Gasteiger partial charge in [0.2, 0.25) is 10.0 Å². The molecule has 0 aliphatic carbocycles. The van der Waals surface area contributed by atoms with Gasteiger partial charge in [0.25, 0.3) is 11.5 Å². The minimum absolute atomic E-state index is 0.201. The second-order valence-electron chi connectivity index (χ2n) is 7.47. The first-order valence-corrected chi connectivity index (χ1v) is 11.3. The Bertz CT molecular complexity index is 1240. The molecule has 0 radical (unpaired) electrons. The highest BCUT2D eigenvalue weighted by atomic mass is 32.2. The predicted octanol–water partition coefficient (Wildman–Crippen LogP) is 2.12. The molecule has 0 bridgehead atoms. The number of para-hydroxylation sites is 1. The largest absolute Gasteiger partial charge is 0.339 e. The maximum atomic E-state index is 13.1. The van der Waals surface area contributed by atoms with Gasteiger partial charge in [-0.1, -0.05) is 36.4 Å². The third kappa shape index (κ3) is 3.88. The number of rotatable bonds is 4. The number of benzene rings is 2. The van der Waals surface area contributed by atoms with E-state index in [1.807, 2.05) is 24.3 Å². The molecule has 156 valence electrons. The summed E-state index contributed by atoms with van der Waals surface area (Å²) in [5, 5.41) is 0.733. The average Bonchev–Trinajstić information content (AvgIpc) is 2.77. The molecule has 2 heterocycles. The maximum Gasteiger partial charge on any atom is 0.254 e. The SMILES string of the molecule is Cn1c(=O)cc(C(=O)N2CCC(NS(=O)(=O)c3ccccc3)CC2)c2ccccc21. The number of hydrogen-bond acceptors (Lipinski definition) is 4. The number of likely N-dealkylation sites (tertiary alicyclic amines) is 1. The van der Waals surface area contributed by atoms with E-state index in [4.69, 9.17) is 0 Å². The molecular weight excluding hydrogens is 402 g/mol. The molecule has 3 aromatic rings. The smallest absolute Gasteiger partial charge is 0.254 e. The quantitative estimate of drug-likeness (QED) is 0.694. The van der Waals surface area contributed by atoms with Crippen LogP contribution in [0.4, 0.5) is 0 Å². The summed E-state index contributed by atoms with van der Waals surface area (Å²) in [4.78, 5) is 27.4. The summed E-state index contributed by atoms with van der Waals surface area (Å²) in [7, 11) is -1.90. The number of fused-ring (bicyclic) bond motifs is 1. The van der Waals surface area contributed by atoms with Crippen molar-refractivity contribution in [2.45, 2.75) is 23.8 Å². The zero-order valence-electron chi connectivity index (χ0n) is 16.6. The molecule has 2 aromatic carbocycles. The fraction of sp³-hybridized carbons (Fsp3) is 0.273. The van der Waals surface area contributed by atoms with Crippen LogP contribution in [0.3, 0.4) is 0 Å². The molecule has 0 saturated carbocycles. The standard InChI is InChI=1S/C22H23N3O4S/c1-24-20-10-6-5-9-18(20)19(15-21(24)26)22(27)25-13-11-16(12-14-25)23-30(28,29)17-7-3-2-4-8-17/h2-10,15-16,23H,11-14H2,1H3. The molecular formula is C22H23N3O4S. The molecule has 1 fully saturated rings. The molecule has 1 N–H and O–H groups in total. The van der Waals surface area contributed by atoms with Crippen molar-refractivity contribution >= 4 is 26.8 Å². The molecule has 1 amide bonds. The van der Waals surface area contributed by atoms with E-state index >= 15 is 0 Å². The van der Waals surface area contributed by atoms with E-state index in [2.05, 4.69) is 4.72 Å². The van der Waals surface area contributed by atoms with Gasteiger partial charge in [-0.25, -0.2) is 13.1 Å². The van der Waals surface area contributed by atoms with Gasteiger partial charge in [0.1, 0.15) is 0 Å². The molecule has 0 unspecified atom stereocenters. The summed E-state index contributed by atoms with van der Waals surface area (Å²) in [6, 6.07) is 16.7. The number of aryl methyl sites for hydroxylation is 1. The van der Waals surface area contributed by atoms with Crippen LogP contribution in [0, 0.1) is 0 Å². The summed E-state index contributed by atoms with van der Waals surface area (Å²) in [6.07, 6.45) is 1.03. The fourth-order valence-electron chi connectivity index (χ4n) is 3.85. The Morgan fingerprint density at radius 1 is 1.00 bits per heavy atom. The third-order valence-corrected chi connectivity index (χ3v) is 7.08. The van der Waals surface area contributed by atoms with Crippen LogP contribution in [0.25, 0.3) is 10.9 Å². The lowest BCUT2D eigenvalue weighted by Gasteiger charge is -2.32. The number of carbonyl (C=O) groups is 1. The van der Waals surface area contributed by atoms with Gasteiger partial charge in [0.05, 0.1) is 16.0 Å². The molecule has 1 aromatic heterocycles. The van der Waals surface area contributed by atoms with Crippen molar-refractivity contribution in [3.63, 3.8) is 0 Å². The van der Waals surface area contributed by atoms with Gasteiger partial charge in [-0.2, -0.15) is 0 Å². The highest BCUT2D eigenvalue weighted by molar-refractivity contribution is 7.89. The summed E-state index contributed by atoms with van der Waals surface area (Å²) in [5.41, 5.74) is 0.860. The van der Waals surface area contributed by atoms with Gasteiger partial charge in [-0.05, 0) is 31.0 Å². The van der Waals surface area contributed by atoms with Gasteiger partial charge < -0.3 is 9.47 Å². The van der Waals surface area contributed by atoms with Crippen molar-refractivity contribution in [3.8, 4) is 0 Å². The van der Waals surface area contributed by atoms with Crippen LogP contribution >= 0.6 is 0 Å². The second-order valence-corrected chi connectivity index (χ2v) is 9.19. The van der Waals surface area contributed by atoms with Gasteiger partial charge in [0, 0.05) is 37.6 Å². The van der Waals surface area contributed by atoms with Crippen LogP contribution < -0.4 is 10.3 Å². The number of sulfonamides is 1. The van der Waals surface area contributed by atoms with E-state index in [1.165, 1.54) is 10.6 Å². The van der Waals surface area contributed by atoms with Crippen molar-refractivity contribution in [2.24, 2.45) is 7.05 Å². The normalized spacial score (nSPS) is 15.4. The number of aromatic nitrogens is 1. The number of hydrogen-bond donors (Lipinski definition) is 1. The van der Waals surface area contributed by atoms with Crippen LogP contribution in [0.1, 0.15) is 23.2 Å². The first kappa shape index (κ1) is 20.3. The average molecular weight is 426 g/mol. The van der Waals surface area contributed by atoms with Crippen molar-refractivity contribution < 1.29 is 13.2 Å². The Morgan fingerprint density at radius 3 is 2.33 bits per heavy atom. The predicted molar refractivity (Wildman–Crippen MR) is 115 cm³/mol. The zero-order valence-corrected chi connectivity index (χ0v) is 17.4. The van der Waals surface area contributed by atoms with Crippen molar-refractivity contribution in [3.05, 3.63) is 76.6 Å². The highest BCUT2D eigenvalue weighted by Crippen LogP contribution is 2.21. The zero-order chi connectivity index (χ0) is 21.3. The van der Waals surface area contributed by atoms with Crippen molar-refractivity contribution in [1.29, 1.82) is 0 Å². The monoisotopic (exact) mass is 425 g/mol. The molecule has 8 heteroatoms. The number of pyridine rings is 1. The molecule has 30 heavy (non-hydrogen) atoms. The Balaban J connectivity index is 1.49. The lowest BCUT2D eigenvalue weighted by atomic mass is 10.0. The number of nitrogens with zero attached hydrogens (tertiary/aromatic N) is 2. The van der Waals surface area contributed by atoms with E-state index in [9.17, 15) is 18.0 Å². The number of carbonyl (C=O) groups excluding carboxylic acids is 1. The summed E-state index contributed by atoms with van der Waals surface area (Å²) >= 11 is 0. The Labute approximate surface area is 175 Å². The number of piperidine rings is 1. The van der Waals surface area contributed by atoms with Crippen LogP contribution in [-0.2, 0) is 17.1 Å². The Morgan fingerprint density at radius 2 is 1.63 bits per heavy atom. The Kier molecular flexibility index (Phi) is 5.44. The van der Waals surface area contributed by atoms with E-state index in [1.54, 1.807) is 42.3 Å². The number of nitrogens with one attached hydrogen (secondary N) is 1. The minimum atomic E-state index is -3.59. The first-order valence-electron chi connectivity index (χ1n) is 9.82. The lowest BCUT2D eigenvalue weighted by Crippen LogP contribution is -2.46. The highest BCUT2D eigenvalue weighted by Gasteiger charge is 2.28. The van der Waals surface area contributed by atoms with Crippen LogP contribution in [0.5, 0.6) is 0 Å². The van der Waals surface area contributed by atoms with Crippen molar-refractivity contribution in [2.75, 3.05) is 13.1 Å². The van der Waals surface area contributed by atoms with E-state index < -0.39 is 10.0 Å². The summed E-state index contributed by atoms with van der Waals surface area (Å²) < 4.78 is 29.3. The van der Waals surface area contributed by atoms with Gasteiger partial charge in [0.15, 0.2) is 0 Å². The maximum absolute atomic E-state index is 13.1. The molecule has 1 saturated heterocycles. The third-order valence-electron chi connectivity index (χ3n) is 5.54. The first-order chi connectivity index (χ1) is 14.4. The van der Waals surface area contributed by atoms with Crippen LogP contribution in [0.2, 0.25) is 0 Å². The molecule has 0 atom stereocenters. The van der Waals surface area contributed by atoms with E-state index in [0.29, 0.717) is 37.0 Å². The van der Waals surface area contributed by atoms with Gasteiger partial charge in [-0.15, -0.1) is 0 Å². The van der Waals surface area contributed by atoms with Crippen LogP contribution in [0.15, 0.2) is 70.4 Å². The molecule has 4 rings (SSSR count). The fourth-order valence-corrected chi connectivity index (χ4v) is 5.17. The topological polar surface area (TPSA) is 88.5 Å².